The molecule has 4 heteroatoms. The van der Waals surface area contributed by atoms with Gasteiger partial charge >= 0.3 is 6.03 Å². The third kappa shape index (κ3) is 5.00. The zero-order chi connectivity index (χ0) is 17.6. The Bertz CT molecular complexity index is 610. The number of urea groups is 1. The minimum absolute atomic E-state index is 0.0940. The van der Waals surface area contributed by atoms with Crippen molar-refractivity contribution in [3.63, 3.8) is 0 Å². The molecule has 1 N–H and O–H groups in total. The first-order valence-corrected chi connectivity index (χ1v) is 9.66. The van der Waals surface area contributed by atoms with E-state index >= 15 is 0 Å². The third-order valence-electron chi connectivity index (χ3n) is 5.25. The van der Waals surface area contributed by atoms with Gasteiger partial charge < -0.3 is 15.1 Å². The fourth-order valence-electron chi connectivity index (χ4n) is 3.87. The maximum Gasteiger partial charge on any atom is 0.317 e. The molecule has 0 bridgehead atoms. The second kappa shape index (κ2) is 8.41. The van der Waals surface area contributed by atoms with Gasteiger partial charge in [0.05, 0.1) is 0 Å². The smallest absolute Gasteiger partial charge is 0.317 e. The monoisotopic (exact) mass is 341 g/mol. The number of nitrogens with zero attached hydrogens (tertiary/aromatic N) is 2. The Morgan fingerprint density at radius 3 is 2.40 bits per heavy atom. The van der Waals surface area contributed by atoms with Crippen molar-refractivity contribution in [1.82, 2.24) is 10.2 Å². The van der Waals surface area contributed by atoms with Crippen molar-refractivity contribution in [3.8, 4) is 0 Å². The molecular formula is C21H31N3O. The average Bonchev–Trinajstić information content (AvgIpc) is 2.62. The first kappa shape index (κ1) is 17.8. The highest BCUT2D eigenvalue weighted by Gasteiger charge is 2.21. The lowest BCUT2D eigenvalue weighted by atomic mass is 9.97. The van der Waals surface area contributed by atoms with Crippen LogP contribution in [0.25, 0.3) is 0 Å². The molecule has 0 unspecified atom stereocenters. The number of amides is 2. The predicted octanol–water partition coefficient (Wildman–Crippen LogP) is 4.03. The summed E-state index contributed by atoms with van der Waals surface area (Å²) in [5.74, 6) is 0. The standard InChI is InChI=1S/C21H31N3O/c1-17-14-18(2)16-20(15-17)23-10-12-24(13-11-23)21(25)22-9-8-19-6-4-3-5-7-19/h6,14-16H,3-5,7-13H2,1-2H3,(H,22,25). The lowest BCUT2D eigenvalue weighted by Crippen LogP contribution is -2.52. The number of anilines is 1. The number of benzene rings is 1. The molecule has 0 saturated carbocycles. The number of carbonyl (C=O) groups is 1. The maximum atomic E-state index is 12.4. The van der Waals surface area contributed by atoms with Crippen molar-refractivity contribution in [3.05, 3.63) is 41.0 Å². The molecule has 4 nitrogen and oxygen atoms in total. The van der Waals surface area contributed by atoms with Crippen molar-refractivity contribution < 1.29 is 4.79 Å². The number of nitrogens with one attached hydrogen (secondary N) is 1. The van der Waals surface area contributed by atoms with E-state index in [1.165, 1.54) is 48.1 Å². The van der Waals surface area contributed by atoms with Gasteiger partial charge in [-0.2, -0.15) is 0 Å². The molecule has 25 heavy (non-hydrogen) atoms. The number of carbonyl (C=O) groups excluding carboxylic acids is 1. The summed E-state index contributed by atoms with van der Waals surface area (Å²) in [6.45, 7) is 8.44. The van der Waals surface area contributed by atoms with Crippen LogP contribution in [0.5, 0.6) is 0 Å². The highest BCUT2D eigenvalue weighted by atomic mass is 16.2. The van der Waals surface area contributed by atoms with Gasteiger partial charge in [-0.15, -0.1) is 0 Å². The summed E-state index contributed by atoms with van der Waals surface area (Å²) >= 11 is 0. The van der Waals surface area contributed by atoms with Gasteiger partial charge in [0.1, 0.15) is 0 Å². The topological polar surface area (TPSA) is 35.6 Å². The minimum Gasteiger partial charge on any atom is -0.368 e. The summed E-state index contributed by atoms with van der Waals surface area (Å²) in [5, 5.41) is 3.10. The van der Waals surface area contributed by atoms with Gasteiger partial charge in [-0.05, 0) is 69.2 Å². The molecule has 1 aliphatic carbocycles. The van der Waals surface area contributed by atoms with Gasteiger partial charge in [-0.3, -0.25) is 0 Å². The second-order valence-corrected chi connectivity index (χ2v) is 7.41. The van der Waals surface area contributed by atoms with Gasteiger partial charge in [-0.25, -0.2) is 4.79 Å². The quantitative estimate of drug-likeness (QED) is 0.840. The van der Waals surface area contributed by atoms with Gasteiger partial charge in [0.2, 0.25) is 0 Å². The summed E-state index contributed by atoms with van der Waals surface area (Å²) < 4.78 is 0. The van der Waals surface area contributed by atoms with Crippen LogP contribution in [0.4, 0.5) is 10.5 Å². The van der Waals surface area contributed by atoms with Crippen molar-refractivity contribution in [2.75, 3.05) is 37.6 Å². The lowest BCUT2D eigenvalue weighted by Gasteiger charge is -2.36. The molecule has 0 radical (unpaired) electrons. The molecular weight excluding hydrogens is 310 g/mol. The summed E-state index contributed by atoms with van der Waals surface area (Å²) in [6, 6.07) is 6.77. The summed E-state index contributed by atoms with van der Waals surface area (Å²) in [5.41, 5.74) is 5.40. The Morgan fingerprint density at radius 2 is 1.76 bits per heavy atom. The van der Waals surface area contributed by atoms with E-state index in [2.05, 4.69) is 48.3 Å². The Kier molecular flexibility index (Phi) is 6.00. The third-order valence-corrected chi connectivity index (χ3v) is 5.25. The van der Waals surface area contributed by atoms with Crippen molar-refractivity contribution in [2.24, 2.45) is 0 Å². The van der Waals surface area contributed by atoms with Gasteiger partial charge in [0.15, 0.2) is 0 Å². The SMILES string of the molecule is Cc1cc(C)cc(N2CCN(C(=O)NCCC3=CCCCC3)CC2)c1. The minimum atomic E-state index is 0.0940. The van der Waals surface area contributed by atoms with Crippen LogP contribution in [0.1, 0.15) is 43.2 Å². The molecule has 0 spiro atoms. The number of hydrogen-bond acceptors (Lipinski definition) is 2. The Balaban J connectivity index is 1.43. The fourth-order valence-corrected chi connectivity index (χ4v) is 3.87. The van der Waals surface area contributed by atoms with Crippen LogP contribution in [0.15, 0.2) is 29.8 Å². The molecule has 1 aliphatic heterocycles. The van der Waals surface area contributed by atoms with E-state index in [1.807, 2.05) is 4.90 Å². The van der Waals surface area contributed by atoms with E-state index < -0.39 is 0 Å². The molecule has 1 heterocycles. The van der Waals surface area contributed by atoms with Crippen LogP contribution < -0.4 is 10.2 Å². The molecule has 136 valence electrons. The zero-order valence-corrected chi connectivity index (χ0v) is 15.7. The van der Waals surface area contributed by atoms with Crippen LogP contribution >= 0.6 is 0 Å². The lowest BCUT2D eigenvalue weighted by molar-refractivity contribution is 0.194. The van der Waals surface area contributed by atoms with E-state index in [0.717, 1.165) is 39.1 Å². The number of rotatable bonds is 4. The van der Waals surface area contributed by atoms with Crippen molar-refractivity contribution in [1.29, 1.82) is 0 Å². The molecule has 2 aliphatic rings. The maximum absolute atomic E-state index is 12.4. The van der Waals surface area contributed by atoms with Crippen molar-refractivity contribution >= 4 is 11.7 Å². The van der Waals surface area contributed by atoms with Crippen LogP contribution in [0.3, 0.4) is 0 Å². The molecule has 1 fully saturated rings. The molecule has 1 aromatic rings. The zero-order valence-electron chi connectivity index (χ0n) is 15.7. The molecule has 3 rings (SSSR count). The number of aryl methyl sites for hydroxylation is 2. The van der Waals surface area contributed by atoms with E-state index in [4.69, 9.17) is 0 Å². The highest BCUT2D eigenvalue weighted by Crippen LogP contribution is 2.21. The fraction of sp³-hybridized carbons (Fsp3) is 0.571. The predicted molar refractivity (Wildman–Crippen MR) is 104 cm³/mol. The van der Waals surface area contributed by atoms with Crippen LogP contribution in [0, 0.1) is 13.8 Å². The molecule has 2 amide bonds. The molecule has 1 aromatic carbocycles. The largest absolute Gasteiger partial charge is 0.368 e. The summed E-state index contributed by atoms with van der Waals surface area (Å²) in [7, 11) is 0. The first-order chi connectivity index (χ1) is 12.1. The van der Waals surface area contributed by atoms with Gasteiger partial charge in [0, 0.05) is 38.4 Å². The average molecular weight is 341 g/mol. The Labute approximate surface area is 151 Å². The highest BCUT2D eigenvalue weighted by molar-refractivity contribution is 5.74. The van der Waals surface area contributed by atoms with Crippen LogP contribution in [-0.2, 0) is 0 Å². The summed E-state index contributed by atoms with van der Waals surface area (Å²) in [6.07, 6.45) is 8.42. The molecule has 0 aromatic heterocycles. The molecule has 1 saturated heterocycles. The van der Waals surface area contributed by atoms with Crippen molar-refractivity contribution in [2.45, 2.75) is 46.0 Å². The van der Waals surface area contributed by atoms with Gasteiger partial charge in [0.25, 0.3) is 0 Å². The Morgan fingerprint density at radius 1 is 1.04 bits per heavy atom. The van der Waals surface area contributed by atoms with E-state index in [-0.39, 0.29) is 6.03 Å². The first-order valence-electron chi connectivity index (χ1n) is 9.66. The van der Waals surface area contributed by atoms with Crippen LogP contribution in [0.2, 0.25) is 0 Å². The number of hydrogen-bond donors (Lipinski definition) is 1. The summed E-state index contributed by atoms with van der Waals surface area (Å²) in [4.78, 5) is 16.7. The van der Waals surface area contributed by atoms with Gasteiger partial charge in [-0.1, -0.05) is 17.7 Å². The number of piperazine rings is 1. The molecule has 0 atom stereocenters. The van der Waals surface area contributed by atoms with E-state index in [0.29, 0.717) is 0 Å². The second-order valence-electron chi connectivity index (χ2n) is 7.41. The number of allylic oxidation sites excluding steroid dienone is 1. The van der Waals surface area contributed by atoms with E-state index in [9.17, 15) is 4.79 Å². The van der Waals surface area contributed by atoms with Crippen LogP contribution in [-0.4, -0.2) is 43.7 Å². The normalized spacial score (nSPS) is 18.1. The Hall–Kier alpha value is -1.97. The van der Waals surface area contributed by atoms with E-state index in [1.54, 1.807) is 0 Å².